The van der Waals surface area contributed by atoms with E-state index in [1.165, 1.54) is 26.1 Å². The molecule has 7 heteroatoms. The molecule has 2 saturated heterocycles. The van der Waals surface area contributed by atoms with Crippen molar-refractivity contribution in [2.45, 2.75) is 24.5 Å². The second-order valence-corrected chi connectivity index (χ2v) is 7.48. The quantitative estimate of drug-likeness (QED) is 0.739. The van der Waals surface area contributed by atoms with Crippen LogP contribution in [0.3, 0.4) is 0 Å². The molecule has 0 aliphatic carbocycles. The summed E-state index contributed by atoms with van der Waals surface area (Å²) >= 11 is 1.59. The Morgan fingerprint density at radius 3 is 2.91 bits per heavy atom. The summed E-state index contributed by atoms with van der Waals surface area (Å²) in [5, 5.41) is 6.30. The van der Waals surface area contributed by atoms with E-state index in [1.54, 1.807) is 11.8 Å². The van der Waals surface area contributed by atoms with Crippen LogP contribution in [-0.4, -0.2) is 67.7 Å². The SMILES string of the molecule is CN(C)CC1CCNC1.O=CC1=CCCC2SCC(=O)NC2=N1. The van der Waals surface area contributed by atoms with Crippen molar-refractivity contribution in [1.82, 2.24) is 15.5 Å². The molecule has 0 bridgehead atoms. The molecule has 3 aliphatic heterocycles. The maximum Gasteiger partial charge on any atom is 0.235 e. The molecule has 128 valence electrons. The zero-order chi connectivity index (χ0) is 16.7. The molecule has 3 aliphatic rings. The van der Waals surface area contributed by atoms with Crippen molar-refractivity contribution in [2.75, 3.05) is 39.5 Å². The third kappa shape index (κ3) is 6.08. The van der Waals surface area contributed by atoms with E-state index in [2.05, 4.69) is 34.6 Å². The molecule has 2 atom stereocenters. The molecular formula is C16H26N4O2S. The Kier molecular flexibility index (Phi) is 7.26. The number of aldehydes is 1. The van der Waals surface area contributed by atoms with Crippen LogP contribution >= 0.6 is 11.8 Å². The lowest BCUT2D eigenvalue weighted by molar-refractivity contribution is -0.117. The number of nitrogens with one attached hydrogen (secondary N) is 2. The number of nitrogens with zero attached hydrogens (tertiary/aromatic N) is 2. The molecular weight excluding hydrogens is 312 g/mol. The highest BCUT2D eigenvalue weighted by Gasteiger charge is 2.26. The fourth-order valence-corrected chi connectivity index (χ4v) is 3.86. The number of thioether (sulfide) groups is 1. The Balaban J connectivity index is 0.000000185. The van der Waals surface area contributed by atoms with E-state index in [1.807, 2.05) is 6.08 Å². The van der Waals surface area contributed by atoms with Crippen molar-refractivity contribution in [3.05, 3.63) is 11.8 Å². The van der Waals surface area contributed by atoms with Crippen molar-refractivity contribution in [3.63, 3.8) is 0 Å². The van der Waals surface area contributed by atoms with Gasteiger partial charge in [0, 0.05) is 6.54 Å². The highest BCUT2D eigenvalue weighted by Crippen LogP contribution is 2.24. The lowest BCUT2D eigenvalue weighted by Gasteiger charge is -2.22. The first-order valence-electron chi connectivity index (χ1n) is 8.09. The Morgan fingerprint density at radius 2 is 2.26 bits per heavy atom. The highest BCUT2D eigenvalue weighted by atomic mass is 32.2. The number of amidine groups is 1. The molecule has 2 unspecified atom stereocenters. The fourth-order valence-electron chi connectivity index (χ4n) is 2.86. The number of amides is 1. The molecule has 2 N–H and O–H groups in total. The van der Waals surface area contributed by atoms with Gasteiger partial charge in [-0.3, -0.25) is 9.59 Å². The maximum atomic E-state index is 11.1. The number of carbonyl (C=O) groups excluding carboxylic acids is 2. The molecule has 0 aromatic heterocycles. The summed E-state index contributed by atoms with van der Waals surface area (Å²) < 4.78 is 0. The molecule has 0 saturated carbocycles. The van der Waals surface area contributed by atoms with Gasteiger partial charge in [0.15, 0.2) is 6.29 Å². The van der Waals surface area contributed by atoms with Crippen molar-refractivity contribution in [1.29, 1.82) is 0 Å². The van der Waals surface area contributed by atoms with Gasteiger partial charge in [-0.05, 0) is 52.4 Å². The van der Waals surface area contributed by atoms with Crippen molar-refractivity contribution in [3.8, 4) is 0 Å². The summed E-state index contributed by atoms with van der Waals surface area (Å²) in [6, 6.07) is 0. The largest absolute Gasteiger partial charge is 0.316 e. The van der Waals surface area contributed by atoms with Gasteiger partial charge in [-0.25, -0.2) is 4.99 Å². The van der Waals surface area contributed by atoms with E-state index in [-0.39, 0.29) is 11.2 Å². The van der Waals surface area contributed by atoms with Crippen molar-refractivity contribution >= 4 is 29.8 Å². The van der Waals surface area contributed by atoms with Gasteiger partial charge in [-0.1, -0.05) is 6.08 Å². The van der Waals surface area contributed by atoms with Gasteiger partial charge in [0.05, 0.1) is 11.0 Å². The highest BCUT2D eigenvalue weighted by molar-refractivity contribution is 8.01. The summed E-state index contributed by atoms with van der Waals surface area (Å²) in [5.41, 5.74) is 0.422. The van der Waals surface area contributed by atoms with E-state index in [4.69, 9.17) is 0 Å². The fraction of sp³-hybridized carbons (Fsp3) is 0.688. The number of carbonyl (C=O) groups is 2. The van der Waals surface area contributed by atoms with E-state index >= 15 is 0 Å². The zero-order valence-electron chi connectivity index (χ0n) is 13.9. The molecule has 1 amide bonds. The smallest absolute Gasteiger partial charge is 0.235 e. The summed E-state index contributed by atoms with van der Waals surface area (Å²) in [6.45, 7) is 3.68. The molecule has 2 fully saturated rings. The second-order valence-electron chi connectivity index (χ2n) is 6.29. The minimum absolute atomic E-state index is 0.0304. The van der Waals surface area contributed by atoms with Gasteiger partial charge in [0.1, 0.15) is 11.5 Å². The van der Waals surface area contributed by atoms with Crippen LogP contribution < -0.4 is 10.6 Å². The number of fused-ring (bicyclic) bond motifs is 1. The van der Waals surface area contributed by atoms with Gasteiger partial charge in [-0.15, -0.1) is 11.8 Å². The van der Waals surface area contributed by atoms with E-state index in [0.29, 0.717) is 17.3 Å². The lowest BCUT2D eigenvalue weighted by atomic mass is 10.1. The van der Waals surface area contributed by atoms with E-state index in [0.717, 1.165) is 25.0 Å². The third-order valence-electron chi connectivity index (χ3n) is 3.93. The topological polar surface area (TPSA) is 73.8 Å². The molecule has 3 rings (SSSR count). The molecule has 6 nitrogen and oxygen atoms in total. The van der Waals surface area contributed by atoms with Gasteiger partial charge in [0.25, 0.3) is 0 Å². The van der Waals surface area contributed by atoms with Crippen molar-refractivity contribution in [2.24, 2.45) is 10.9 Å². The average Bonchev–Trinajstić information content (AvgIpc) is 2.92. The first kappa shape index (κ1) is 18.2. The summed E-state index contributed by atoms with van der Waals surface area (Å²) in [6.07, 6.45) is 5.67. The normalized spacial score (nSPS) is 27.0. The Morgan fingerprint density at radius 1 is 1.43 bits per heavy atom. The van der Waals surface area contributed by atoms with Crippen LogP contribution in [0.4, 0.5) is 0 Å². The minimum atomic E-state index is -0.0304. The summed E-state index contributed by atoms with van der Waals surface area (Å²) in [5.74, 6) is 2.00. The van der Waals surface area contributed by atoms with Crippen LogP contribution in [0.1, 0.15) is 19.3 Å². The van der Waals surface area contributed by atoms with Crippen LogP contribution in [0.2, 0.25) is 0 Å². The number of aliphatic imine (C=N–C) groups is 1. The van der Waals surface area contributed by atoms with E-state index in [9.17, 15) is 9.59 Å². The van der Waals surface area contributed by atoms with Gasteiger partial charge in [0.2, 0.25) is 5.91 Å². The monoisotopic (exact) mass is 338 g/mol. The molecule has 0 spiro atoms. The van der Waals surface area contributed by atoms with Crippen LogP contribution in [-0.2, 0) is 9.59 Å². The number of rotatable bonds is 3. The molecule has 0 aromatic rings. The number of allylic oxidation sites excluding steroid dienone is 2. The molecule has 0 aromatic carbocycles. The third-order valence-corrected chi connectivity index (χ3v) is 5.22. The maximum absolute atomic E-state index is 11.1. The molecule has 3 heterocycles. The Labute approximate surface area is 142 Å². The second kappa shape index (κ2) is 9.20. The van der Waals surface area contributed by atoms with Crippen LogP contribution in [0.15, 0.2) is 16.8 Å². The lowest BCUT2D eigenvalue weighted by Crippen LogP contribution is -2.43. The first-order chi connectivity index (χ1) is 11.1. The summed E-state index contributed by atoms with van der Waals surface area (Å²) in [7, 11) is 4.27. The van der Waals surface area contributed by atoms with Crippen LogP contribution in [0.25, 0.3) is 0 Å². The predicted octanol–water partition coefficient (Wildman–Crippen LogP) is 0.651. The van der Waals surface area contributed by atoms with Gasteiger partial charge in [-0.2, -0.15) is 0 Å². The number of hydrogen-bond donors (Lipinski definition) is 2. The Bertz CT molecular complexity index is 484. The Hall–Kier alpha value is -1.18. The number of hydrogen-bond acceptors (Lipinski definition) is 6. The van der Waals surface area contributed by atoms with Gasteiger partial charge < -0.3 is 15.5 Å². The summed E-state index contributed by atoms with van der Waals surface area (Å²) in [4.78, 5) is 28.1. The standard InChI is InChI=1S/C9H10N2O2S.C7H16N2/c12-4-6-2-1-3-7-9(10-6)11-8(13)5-14-7;1-9(2)6-7-3-4-8-5-7/h2,4,7H,1,3,5H2,(H,10,11,13);7-8H,3-6H2,1-2H3. The van der Waals surface area contributed by atoms with Crippen LogP contribution in [0.5, 0.6) is 0 Å². The molecule has 0 radical (unpaired) electrons. The minimum Gasteiger partial charge on any atom is -0.316 e. The van der Waals surface area contributed by atoms with Gasteiger partial charge >= 0.3 is 0 Å². The van der Waals surface area contributed by atoms with Crippen LogP contribution in [0, 0.1) is 5.92 Å². The van der Waals surface area contributed by atoms with E-state index < -0.39 is 0 Å². The molecule has 23 heavy (non-hydrogen) atoms. The predicted molar refractivity (Wildman–Crippen MR) is 94.7 cm³/mol. The zero-order valence-corrected chi connectivity index (χ0v) is 14.7. The first-order valence-corrected chi connectivity index (χ1v) is 9.14. The average molecular weight is 338 g/mol. The van der Waals surface area contributed by atoms with Crippen molar-refractivity contribution < 1.29 is 9.59 Å².